The molecule has 0 bridgehead atoms. The molecule has 2 aromatic carbocycles. The third kappa shape index (κ3) is 7.15. The van der Waals surface area contributed by atoms with Crippen LogP contribution >= 0.6 is 12.2 Å². The quantitative estimate of drug-likeness (QED) is 0.480. The molecule has 2 aromatic rings. The van der Waals surface area contributed by atoms with Gasteiger partial charge in [0, 0.05) is 32.7 Å². The Labute approximate surface area is 184 Å². The van der Waals surface area contributed by atoms with Crippen LogP contribution in [0.1, 0.15) is 17.5 Å². The summed E-state index contributed by atoms with van der Waals surface area (Å²) >= 11 is 5.46. The number of nitrogens with zero attached hydrogens (tertiary/aromatic N) is 2. The first-order valence-electron chi connectivity index (χ1n) is 10.1. The van der Waals surface area contributed by atoms with Crippen LogP contribution in [0.2, 0.25) is 0 Å². The van der Waals surface area contributed by atoms with Gasteiger partial charge in [-0.05, 0) is 48.5 Å². The minimum atomic E-state index is -4.50. The van der Waals surface area contributed by atoms with Gasteiger partial charge in [0.25, 0.3) is 0 Å². The topological polar surface area (TPSA) is 27.7 Å². The Bertz CT molecular complexity index is 872. The molecule has 1 N–H and O–H groups in total. The molecule has 0 unspecified atom stereocenters. The Kier molecular flexibility index (Phi) is 8.22. The highest BCUT2D eigenvalue weighted by Gasteiger charge is 2.33. The highest BCUT2D eigenvalue weighted by Crippen LogP contribution is 2.34. The SMILES string of the molecule is Fc1cccc(CN(CCCN2CCOCC2)C(=S)Nc2ccccc2C(F)(F)F)c1. The summed E-state index contributed by atoms with van der Waals surface area (Å²) in [4.78, 5) is 4.05. The maximum absolute atomic E-state index is 13.6. The van der Waals surface area contributed by atoms with Crippen LogP contribution < -0.4 is 5.32 Å². The average Bonchev–Trinajstić information content (AvgIpc) is 2.73. The number of anilines is 1. The molecule has 1 aliphatic rings. The molecule has 0 spiro atoms. The van der Waals surface area contributed by atoms with Gasteiger partial charge in [-0.2, -0.15) is 13.2 Å². The van der Waals surface area contributed by atoms with Crippen molar-refractivity contribution in [1.29, 1.82) is 0 Å². The van der Waals surface area contributed by atoms with Crippen molar-refractivity contribution >= 4 is 23.0 Å². The smallest absolute Gasteiger partial charge is 0.379 e. The largest absolute Gasteiger partial charge is 0.418 e. The molecular weight excluding hydrogens is 430 g/mol. The van der Waals surface area contributed by atoms with E-state index in [1.807, 2.05) is 0 Å². The fourth-order valence-electron chi connectivity index (χ4n) is 3.45. The third-order valence-electron chi connectivity index (χ3n) is 5.03. The Balaban J connectivity index is 1.71. The standard InChI is InChI=1S/C22H25F4N3OS/c23-18-6-3-5-17(15-18)16-29(10-4-9-28-11-13-30-14-12-28)21(31)27-20-8-2-1-7-19(20)22(24,25)26/h1-3,5-8,15H,4,9-14,16H2,(H,27,31). The van der Waals surface area contributed by atoms with E-state index in [-0.39, 0.29) is 16.6 Å². The van der Waals surface area contributed by atoms with Crippen molar-refractivity contribution in [2.45, 2.75) is 19.1 Å². The first kappa shape index (κ1) is 23.4. The number of halogens is 4. The molecule has 0 radical (unpaired) electrons. The second-order valence-electron chi connectivity index (χ2n) is 7.33. The maximum atomic E-state index is 13.6. The first-order valence-corrected chi connectivity index (χ1v) is 10.5. The van der Waals surface area contributed by atoms with E-state index < -0.39 is 11.7 Å². The van der Waals surface area contributed by atoms with Crippen molar-refractivity contribution in [1.82, 2.24) is 9.80 Å². The summed E-state index contributed by atoms with van der Waals surface area (Å²) in [6.07, 6.45) is -3.74. The lowest BCUT2D eigenvalue weighted by molar-refractivity contribution is -0.136. The van der Waals surface area contributed by atoms with Crippen molar-refractivity contribution < 1.29 is 22.3 Å². The number of hydrogen-bond acceptors (Lipinski definition) is 3. The molecule has 3 rings (SSSR count). The molecule has 168 valence electrons. The summed E-state index contributed by atoms with van der Waals surface area (Å²) in [5.41, 5.74) is -0.187. The van der Waals surface area contributed by atoms with Gasteiger partial charge in [0.1, 0.15) is 5.82 Å². The van der Waals surface area contributed by atoms with E-state index in [9.17, 15) is 17.6 Å². The summed E-state index contributed by atoms with van der Waals surface area (Å²) in [5, 5.41) is 2.92. The molecule has 4 nitrogen and oxygen atoms in total. The number of morpholine rings is 1. The van der Waals surface area contributed by atoms with Crippen molar-refractivity contribution in [3.05, 3.63) is 65.5 Å². The lowest BCUT2D eigenvalue weighted by Gasteiger charge is -2.30. The lowest BCUT2D eigenvalue weighted by Crippen LogP contribution is -2.40. The van der Waals surface area contributed by atoms with Crippen LogP contribution in [0.4, 0.5) is 23.2 Å². The van der Waals surface area contributed by atoms with Gasteiger partial charge in [-0.15, -0.1) is 0 Å². The van der Waals surface area contributed by atoms with Gasteiger partial charge in [0.15, 0.2) is 5.11 Å². The molecule has 31 heavy (non-hydrogen) atoms. The van der Waals surface area contributed by atoms with Crippen LogP contribution in [0.5, 0.6) is 0 Å². The second-order valence-corrected chi connectivity index (χ2v) is 7.72. The van der Waals surface area contributed by atoms with E-state index in [4.69, 9.17) is 17.0 Å². The highest BCUT2D eigenvalue weighted by atomic mass is 32.1. The highest BCUT2D eigenvalue weighted by molar-refractivity contribution is 7.80. The molecule has 1 fully saturated rings. The fourth-order valence-corrected chi connectivity index (χ4v) is 3.72. The molecule has 1 aliphatic heterocycles. The number of hydrogen-bond donors (Lipinski definition) is 1. The zero-order chi connectivity index (χ0) is 22.3. The van der Waals surface area contributed by atoms with E-state index in [1.165, 1.54) is 30.3 Å². The van der Waals surface area contributed by atoms with Crippen molar-refractivity contribution in [3.8, 4) is 0 Å². The molecule has 0 saturated carbocycles. The van der Waals surface area contributed by atoms with Gasteiger partial charge < -0.3 is 15.0 Å². The molecule has 1 saturated heterocycles. The van der Waals surface area contributed by atoms with E-state index in [2.05, 4.69) is 10.2 Å². The predicted molar refractivity (Wildman–Crippen MR) is 116 cm³/mol. The molecule has 9 heteroatoms. The molecule has 1 heterocycles. The molecule has 0 aromatic heterocycles. The number of ether oxygens (including phenoxy) is 1. The number of rotatable bonds is 7. The van der Waals surface area contributed by atoms with Crippen LogP contribution in [-0.2, 0) is 17.5 Å². The third-order valence-corrected chi connectivity index (χ3v) is 5.39. The number of nitrogens with one attached hydrogen (secondary N) is 1. The second kappa shape index (κ2) is 10.9. The van der Waals surface area contributed by atoms with E-state index in [1.54, 1.807) is 17.0 Å². The molecule has 0 atom stereocenters. The summed E-state index contributed by atoms with van der Waals surface area (Å²) in [5.74, 6) is -0.368. The Hall–Kier alpha value is -2.23. The molecule has 0 aliphatic carbocycles. The Morgan fingerprint density at radius 3 is 2.55 bits per heavy atom. The van der Waals surface area contributed by atoms with Crippen molar-refractivity contribution in [2.24, 2.45) is 0 Å². The van der Waals surface area contributed by atoms with Gasteiger partial charge >= 0.3 is 6.18 Å². The number of thiocarbonyl (C=S) groups is 1. The van der Waals surface area contributed by atoms with E-state index in [0.29, 0.717) is 31.9 Å². The van der Waals surface area contributed by atoms with Crippen molar-refractivity contribution in [3.63, 3.8) is 0 Å². The van der Waals surface area contributed by atoms with Gasteiger partial charge in [-0.3, -0.25) is 4.90 Å². The van der Waals surface area contributed by atoms with Crippen LogP contribution in [0.25, 0.3) is 0 Å². The lowest BCUT2D eigenvalue weighted by atomic mass is 10.1. The summed E-state index contributed by atoms with van der Waals surface area (Å²) in [6.45, 7) is 4.74. The number of para-hydroxylation sites is 1. The first-order chi connectivity index (χ1) is 14.8. The summed E-state index contributed by atoms with van der Waals surface area (Å²) < 4.78 is 59.0. The normalized spacial score (nSPS) is 15.0. The van der Waals surface area contributed by atoms with Gasteiger partial charge in [-0.1, -0.05) is 24.3 Å². The van der Waals surface area contributed by atoms with Crippen LogP contribution in [0, 0.1) is 5.82 Å². The van der Waals surface area contributed by atoms with E-state index in [0.717, 1.165) is 32.1 Å². The zero-order valence-corrected chi connectivity index (χ0v) is 17.8. The van der Waals surface area contributed by atoms with Crippen molar-refractivity contribution in [2.75, 3.05) is 44.7 Å². The number of alkyl halides is 3. The minimum absolute atomic E-state index is 0.0996. The Morgan fingerprint density at radius 1 is 1.10 bits per heavy atom. The minimum Gasteiger partial charge on any atom is -0.379 e. The van der Waals surface area contributed by atoms with Crippen LogP contribution in [0.3, 0.4) is 0 Å². The van der Waals surface area contributed by atoms with Gasteiger partial charge in [-0.25, -0.2) is 4.39 Å². The maximum Gasteiger partial charge on any atom is 0.418 e. The predicted octanol–water partition coefficient (Wildman–Crippen LogP) is 4.77. The molecule has 0 amide bonds. The van der Waals surface area contributed by atoms with E-state index >= 15 is 0 Å². The van der Waals surface area contributed by atoms with Crippen LogP contribution in [0.15, 0.2) is 48.5 Å². The molecular formula is C22H25F4N3OS. The van der Waals surface area contributed by atoms with Crippen LogP contribution in [-0.4, -0.2) is 54.3 Å². The van der Waals surface area contributed by atoms with Gasteiger partial charge in [0.05, 0.1) is 24.5 Å². The summed E-state index contributed by atoms with van der Waals surface area (Å²) in [7, 11) is 0. The zero-order valence-electron chi connectivity index (χ0n) is 17.0. The monoisotopic (exact) mass is 455 g/mol. The summed E-state index contributed by atoms with van der Waals surface area (Å²) in [6, 6.07) is 11.4. The Morgan fingerprint density at radius 2 is 1.84 bits per heavy atom. The van der Waals surface area contributed by atoms with Gasteiger partial charge in [0.2, 0.25) is 0 Å². The number of benzene rings is 2. The average molecular weight is 456 g/mol. The fraction of sp³-hybridized carbons (Fsp3) is 0.409.